The Labute approximate surface area is 227 Å². The van der Waals surface area contributed by atoms with Gasteiger partial charge in [0.1, 0.15) is 27.4 Å². The van der Waals surface area contributed by atoms with Crippen molar-refractivity contribution < 1.29 is 19.4 Å². The second-order valence-electron chi connectivity index (χ2n) is 10.6. The summed E-state index contributed by atoms with van der Waals surface area (Å²) in [6, 6.07) is 13.6. The van der Waals surface area contributed by atoms with Crippen molar-refractivity contribution in [3.8, 4) is 33.0 Å². The monoisotopic (exact) mass is 534 g/mol. The molecule has 0 bridgehead atoms. The molecule has 1 unspecified atom stereocenters. The highest BCUT2D eigenvalue weighted by atomic mass is 32.1. The topological polar surface area (TPSA) is 109 Å². The third kappa shape index (κ3) is 6.14. The molecule has 0 saturated carbocycles. The number of amides is 1. The summed E-state index contributed by atoms with van der Waals surface area (Å²) in [5, 5.41) is 29.7. The number of fused-ring (bicyclic) bond motifs is 1. The summed E-state index contributed by atoms with van der Waals surface area (Å²) in [6.45, 7) is 9.42. The summed E-state index contributed by atoms with van der Waals surface area (Å²) in [5.41, 5.74) is 3.81. The molecule has 1 aliphatic rings. The van der Waals surface area contributed by atoms with Gasteiger partial charge >= 0.3 is 6.09 Å². The Kier molecular flexibility index (Phi) is 8.34. The van der Waals surface area contributed by atoms with E-state index in [1.807, 2.05) is 58.9 Å². The molecule has 4 rings (SSSR count). The predicted octanol–water partition coefficient (Wildman–Crippen LogP) is 6.14. The molecule has 1 amide bonds. The average Bonchev–Trinajstić information content (AvgIpc) is 3.35. The van der Waals surface area contributed by atoms with Gasteiger partial charge in [-0.25, -0.2) is 4.79 Å². The number of carbonyl (C=O) groups excluding carboxylic acids is 1. The van der Waals surface area contributed by atoms with Gasteiger partial charge in [-0.15, -0.1) is 10.2 Å². The van der Waals surface area contributed by atoms with Crippen LogP contribution in [0, 0.1) is 11.3 Å². The van der Waals surface area contributed by atoms with E-state index in [-0.39, 0.29) is 25.3 Å². The number of rotatable bonds is 7. The van der Waals surface area contributed by atoms with Crippen molar-refractivity contribution in [2.24, 2.45) is 0 Å². The molecule has 1 aromatic heterocycles. The van der Waals surface area contributed by atoms with Crippen LogP contribution in [0.3, 0.4) is 0 Å². The molecule has 1 atom stereocenters. The lowest BCUT2D eigenvalue weighted by atomic mass is 9.84. The summed E-state index contributed by atoms with van der Waals surface area (Å²) >= 11 is 1.47. The normalized spacial score (nSPS) is 15.1. The summed E-state index contributed by atoms with van der Waals surface area (Å²) in [6.07, 6.45) is 2.09. The minimum Gasteiger partial charge on any atom is -0.490 e. The number of hydrogen-bond acceptors (Lipinski definition) is 8. The van der Waals surface area contributed by atoms with E-state index in [4.69, 9.17) is 9.47 Å². The molecule has 1 heterocycles. The maximum atomic E-state index is 13.0. The number of hydrogen-bond donors (Lipinski definition) is 1. The SMILES string of the molecule is CC(C)Oc1ccc(-c2nnc(-c3cccc4c3CCCC4N(CCO)C(=O)OC(C)(C)C)s2)cc1C#N. The first kappa shape index (κ1) is 27.6. The van der Waals surface area contributed by atoms with Crippen LogP contribution < -0.4 is 4.74 Å². The van der Waals surface area contributed by atoms with Crippen LogP contribution in [0.5, 0.6) is 5.75 Å². The molecule has 8 nitrogen and oxygen atoms in total. The van der Waals surface area contributed by atoms with Crippen molar-refractivity contribution in [1.82, 2.24) is 15.1 Å². The van der Waals surface area contributed by atoms with Crippen LogP contribution in [0.1, 0.15) is 70.2 Å². The lowest BCUT2D eigenvalue weighted by Crippen LogP contribution is -2.42. The molecule has 1 N–H and O–H groups in total. The van der Waals surface area contributed by atoms with Gasteiger partial charge in [-0.2, -0.15) is 5.26 Å². The van der Waals surface area contributed by atoms with Gasteiger partial charge in [0, 0.05) is 17.7 Å². The van der Waals surface area contributed by atoms with Gasteiger partial charge < -0.3 is 14.6 Å². The molecule has 200 valence electrons. The number of aliphatic hydroxyl groups is 1. The van der Waals surface area contributed by atoms with Crippen molar-refractivity contribution in [2.75, 3.05) is 13.2 Å². The van der Waals surface area contributed by atoms with Gasteiger partial charge in [-0.1, -0.05) is 29.5 Å². The number of carbonyl (C=O) groups is 1. The number of aliphatic hydroxyl groups excluding tert-OH is 1. The standard InChI is InChI=1S/C29H34N4O4S/c1-18(2)36-25-13-12-19(16-20(25)17-30)26-31-32-27(38-26)23-10-6-9-22-21(23)8-7-11-24(22)33(14-15-34)28(35)37-29(3,4)5/h6,9-10,12-13,16,18,24,34H,7-8,11,14-15H2,1-5H3. The summed E-state index contributed by atoms with van der Waals surface area (Å²) in [4.78, 5) is 14.7. The van der Waals surface area contributed by atoms with E-state index in [1.165, 1.54) is 11.3 Å². The van der Waals surface area contributed by atoms with Crippen LogP contribution in [0.4, 0.5) is 4.79 Å². The first-order chi connectivity index (χ1) is 18.1. The largest absolute Gasteiger partial charge is 0.490 e. The number of nitrogens with zero attached hydrogens (tertiary/aromatic N) is 4. The summed E-state index contributed by atoms with van der Waals surface area (Å²) in [5.74, 6) is 0.552. The van der Waals surface area contributed by atoms with Crippen LogP contribution in [-0.4, -0.2) is 51.2 Å². The van der Waals surface area contributed by atoms with Gasteiger partial charge in [0.05, 0.1) is 24.3 Å². The zero-order valence-electron chi connectivity index (χ0n) is 22.5. The molecule has 0 radical (unpaired) electrons. The van der Waals surface area contributed by atoms with E-state index in [0.29, 0.717) is 16.3 Å². The van der Waals surface area contributed by atoms with Gasteiger partial charge in [0.25, 0.3) is 0 Å². The lowest BCUT2D eigenvalue weighted by Gasteiger charge is -2.37. The molecule has 0 saturated heterocycles. The van der Waals surface area contributed by atoms with Crippen molar-refractivity contribution >= 4 is 17.4 Å². The van der Waals surface area contributed by atoms with Crippen LogP contribution in [-0.2, 0) is 11.2 Å². The van der Waals surface area contributed by atoms with E-state index in [0.717, 1.165) is 46.5 Å². The number of benzene rings is 2. The third-order valence-electron chi connectivity index (χ3n) is 6.19. The maximum Gasteiger partial charge on any atom is 0.410 e. The second-order valence-corrected chi connectivity index (χ2v) is 11.6. The molecule has 2 aromatic carbocycles. The van der Waals surface area contributed by atoms with E-state index >= 15 is 0 Å². The number of nitriles is 1. The molecular formula is C29H34N4O4S. The Morgan fingerprint density at radius 3 is 2.68 bits per heavy atom. The van der Waals surface area contributed by atoms with Crippen molar-refractivity contribution in [2.45, 2.75) is 71.6 Å². The fourth-order valence-electron chi connectivity index (χ4n) is 4.71. The Hall–Kier alpha value is -3.48. The fraction of sp³-hybridized carbons (Fsp3) is 0.448. The molecule has 38 heavy (non-hydrogen) atoms. The molecule has 0 fully saturated rings. The van der Waals surface area contributed by atoms with E-state index in [9.17, 15) is 15.2 Å². The molecule has 3 aromatic rings. The highest BCUT2D eigenvalue weighted by Gasteiger charge is 2.33. The molecule has 0 spiro atoms. The van der Waals surface area contributed by atoms with E-state index in [2.05, 4.69) is 16.3 Å². The predicted molar refractivity (Wildman–Crippen MR) is 147 cm³/mol. The molecule has 0 aliphatic heterocycles. The highest BCUT2D eigenvalue weighted by Crippen LogP contribution is 2.41. The molecule has 9 heteroatoms. The lowest BCUT2D eigenvalue weighted by molar-refractivity contribution is 0.0101. The second kappa shape index (κ2) is 11.5. The minimum absolute atomic E-state index is 0.0298. The number of aromatic nitrogens is 2. The zero-order valence-corrected chi connectivity index (χ0v) is 23.3. The Morgan fingerprint density at radius 2 is 2.00 bits per heavy atom. The number of ether oxygens (including phenoxy) is 2. The fourth-order valence-corrected chi connectivity index (χ4v) is 5.60. The van der Waals surface area contributed by atoms with Crippen LogP contribution in [0.25, 0.3) is 21.1 Å². The Morgan fingerprint density at radius 1 is 1.24 bits per heavy atom. The quantitative estimate of drug-likeness (QED) is 0.388. The molecular weight excluding hydrogens is 500 g/mol. The van der Waals surface area contributed by atoms with Gasteiger partial charge in [-0.3, -0.25) is 4.90 Å². The highest BCUT2D eigenvalue weighted by molar-refractivity contribution is 7.17. The zero-order chi connectivity index (χ0) is 27.4. The van der Waals surface area contributed by atoms with Gasteiger partial charge in [-0.05, 0) is 83.2 Å². The van der Waals surface area contributed by atoms with E-state index < -0.39 is 11.7 Å². The van der Waals surface area contributed by atoms with Crippen LogP contribution >= 0.6 is 11.3 Å². The van der Waals surface area contributed by atoms with Crippen LogP contribution in [0.2, 0.25) is 0 Å². The van der Waals surface area contributed by atoms with Gasteiger partial charge in [0.2, 0.25) is 0 Å². The Balaban J connectivity index is 1.67. The molecule has 1 aliphatic carbocycles. The summed E-state index contributed by atoms with van der Waals surface area (Å²) in [7, 11) is 0. The summed E-state index contributed by atoms with van der Waals surface area (Å²) < 4.78 is 11.4. The third-order valence-corrected chi connectivity index (χ3v) is 7.19. The smallest absolute Gasteiger partial charge is 0.410 e. The minimum atomic E-state index is -0.627. The van der Waals surface area contributed by atoms with E-state index in [1.54, 1.807) is 17.0 Å². The van der Waals surface area contributed by atoms with Gasteiger partial charge in [0.15, 0.2) is 0 Å². The first-order valence-corrected chi connectivity index (χ1v) is 13.7. The Bertz CT molecular complexity index is 1340. The average molecular weight is 535 g/mol. The van der Waals surface area contributed by atoms with Crippen molar-refractivity contribution in [3.05, 3.63) is 53.1 Å². The van der Waals surface area contributed by atoms with Crippen molar-refractivity contribution in [1.29, 1.82) is 5.26 Å². The van der Waals surface area contributed by atoms with Crippen molar-refractivity contribution in [3.63, 3.8) is 0 Å². The maximum absolute atomic E-state index is 13.0. The van der Waals surface area contributed by atoms with Crippen LogP contribution in [0.15, 0.2) is 36.4 Å². The first-order valence-electron chi connectivity index (χ1n) is 12.9.